The molecule has 0 spiro atoms. The Hall–Kier alpha value is -4.83. The molecule has 0 aliphatic heterocycles. The van der Waals surface area contributed by atoms with Crippen LogP contribution in [0.2, 0.25) is 10.0 Å². The molecule has 1 atom stereocenters. The predicted octanol–water partition coefficient (Wildman–Crippen LogP) is 9.07. The first kappa shape index (κ1) is 37.9. The summed E-state index contributed by atoms with van der Waals surface area (Å²) in [6.45, 7) is -0.656. The second kappa shape index (κ2) is 17.8. The summed E-state index contributed by atoms with van der Waals surface area (Å²) in [7, 11) is -4.27. The molecule has 0 saturated heterocycles. The number of sulfonamides is 1. The first-order valence-electron chi connectivity index (χ1n) is 17.7. The minimum absolute atomic E-state index is 0.0144. The van der Waals surface area contributed by atoms with Gasteiger partial charge in [0.15, 0.2) is 0 Å². The van der Waals surface area contributed by atoms with Crippen LogP contribution in [0.5, 0.6) is 11.5 Å². The van der Waals surface area contributed by atoms with E-state index in [1.165, 1.54) is 17.0 Å². The molecule has 2 amide bonds. The zero-order chi connectivity index (χ0) is 37.2. The molecule has 53 heavy (non-hydrogen) atoms. The molecule has 5 aromatic carbocycles. The van der Waals surface area contributed by atoms with Gasteiger partial charge in [-0.3, -0.25) is 13.9 Å². The fourth-order valence-electron chi connectivity index (χ4n) is 6.49. The van der Waals surface area contributed by atoms with Crippen LogP contribution in [0.1, 0.15) is 43.2 Å². The van der Waals surface area contributed by atoms with Gasteiger partial charge >= 0.3 is 0 Å². The van der Waals surface area contributed by atoms with E-state index in [2.05, 4.69) is 5.32 Å². The number of nitrogens with one attached hydrogen (secondary N) is 1. The fraction of sp³-hybridized carbons (Fsp3) is 0.238. The number of benzene rings is 5. The van der Waals surface area contributed by atoms with Crippen molar-refractivity contribution < 1.29 is 22.7 Å². The summed E-state index contributed by atoms with van der Waals surface area (Å²) in [5.41, 5.74) is 1.66. The van der Waals surface area contributed by atoms with Gasteiger partial charge in [0.25, 0.3) is 10.0 Å². The van der Waals surface area contributed by atoms with Crippen LogP contribution >= 0.6 is 23.2 Å². The molecule has 0 aromatic heterocycles. The molecule has 0 heterocycles. The van der Waals surface area contributed by atoms with Crippen molar-refractivity contribution >= 4 is 50.7 Å². The van der Waals surface area contributed by atoms with Crippen LogP contribution in [0.25, 0.3) is 0 Å². The van der Waals surface area contributed by atoms with Crippen LogP contribution in [-0.4, -0.2) is 43.8 Å². The number of hydrogen-bond acceptors (Lipinski definition) is 5. The van der Waals surface area contributed by atoms with Crippen LogP contribution in [-0.2, 0) is 32.6 Å². The van der Waals surface area contributed by atoms with Crippen LogP contribution in [0.4, 0.5) is 5.69 Å². The number of ether oxygens (including phenoxy) is 1. The number of carbonyl (C=O) groups is 2. The highest BCUT2D eigenvalue weighted by molar-refractivity contribution is 7.92. The smallest absolute Gasteiger partial charge is 0.264 e. The van der Waals surface area contributed by atoms with Gasteiger partial charge in [-0.1, -0.05) is 115 Å². The van der Waals surface area contributed by atoms with Crippen molar-refractivity contribution in [1.82, 2.24) is 10.2 Å². The summed E-state index contributed by atoms with van der Waals surface area (Å²) in [5.74, 6) is 0.222. The summed E-state index contributed by atoms with van der Waals surface area (Å²) in [4.78, 5) is 30.7. The molecule has 1 aliphatic rings. The monoisotopic (exact) mass is 769 g/mol. The Kier molecular flexibility index (Phi) is 12.7. The van der Waals surface area contributed by atoms with Gasteiger partial charge in [0.1, 0.15) is 24.1 Å². The van der Waals surface area contributed by atoms with Gasteiger partial charge in [0.2, 0.25) is 11.8 Å². The van der Waals surface area contributed by atoms with Crippen molar-refractivity contribution in [1.29, 1.82) is 0 Å². The summed E-state index contributed by atoms with van der Waals surface area (Å²) < 4.78 is 35.8. The highest BCUT2D eigenvalue weighted by Gasteiger charge is 2.35. The first-order valence-corrected chi connectivity index (χ1v) is 19.9. The van der Waals surface area contributed by atoms with Crippen LogP contribution < -0.4 is 14.4 Å². The number of carbonyl (C=O) groups excluding carboxylic acids is 2. The van der Waals surface area contributed by atoms with Crippen LogP contribution in [0, 0.1) is 0 Å². The number of hydrogen-bond donors (Lipinski definition) is 1. The molecule has 1 saturated carbocycles. The maximum Gasteiger partial charge on any atom is 0.264 e. The van der Waals surface area contributed by atoms with E-state index in [4.69, 9.17) is 27.9 Å². The zero-order valence-corrected chi connectivity index (χ0v) is 31.4. The van der Waals surface area contributed by atoms with Gasteiger partial charge in [-0.25, -0.2) is 8.42 Å². The van der Waals surface area contributed by atoms with E-state index in [0.717, 1.165) is 42.0 Å². The van der Waals surface area contributed by atoms with Crippen molar-refractivity contribution in [2.45, 2.75) is 62.0 Å². The minimum atomic E-state index is -4.27. The largest absolute Gasteiger partial charge is 0.457 e. The lowest BCUT2D eigenvalue weighted by Gasteiger charge is -2.35. The van der Waals surface area contributed by atoms with E-state index >= 15 is 0 Å². The Labute approximate surface area is 321 Å². The molecule has 274 valence electrons. The molecule has 1 aliphatic carbocycles. The zero-order valence-electron chi connectivity index (χ0n) is 29.1. The van der Waals surface area contributed by atoms with Crippen LogP contribution in [0.15, 0.2) is 138 Å². The van der Waals surface area contributed by atoms with Gasteiger partial charge in [-0.2, -0.15) is 0 Å². The molecular formula is C42H41Cl2N3O5S. The molecule has 1 fully saturated rings. The molecule has 6 rings (SSSR count). The normalized spacial score (nSPS) is 13.8. The Balaban J connectivity index is 1.39. The topological polar surface area (TPSA) is 96.0 Å². The van der Waals surface area contributed by atoms with Gasteiger partial charge in [-0.05, 0) is 84.6 Å². The maximum absolute atomic E-state index is 14.9. The molecule has 11 heteroatoms. The number of para-hydroxylation sites is 1. The predicted molar refractivity (Wildman–Crippen MR) is 210 cm³/mol. The lowest BCUT2D eigenvalue weighted by Crippen LogP contribution is -2.55. The van der Waals surface area contributed by atoms with E-state index in [0.29, 0.717) is 27.1 Å². The molecular weight excluding hydrogens is 729 g/mol. The molecule has 5 aromatic rings. The lowest BCUT2D eigenvalue weighted by atomic mass is 9.94. The van der Waals surface area contributed by atoms with E-state index in [1.54, 1.807) is 60.7 Å². The number of nitrogens with zero attached hydrogens (tertiary/aromatic N) is 2. The standard InChI is InChI=1S/C42H41Cl2N3O5S/c43-33-22-21-32(39(44)28-33)29-46(40(27-31-13-5-1-6-14-31)42(49)45-34-15-7-2-8-16-34)41(48)30-47(53(50,51)38-19-11-4-12-20-38)35-23-25-37(26-24-35)52-36-17-9-3-10-18-36/h1,3-6,9-14,17-26,28,34,40H,2,7-8,15-16,27,29-30H2,(H,45,49)/t40-/m1/s1. The maximum atomic E-state index is 14.9. The molecule has 0 unspecified atom stereocenters. The van der Waals surface area contributed by atoms with E-state index in [9.17, 15) is 18.0 Å². The molecule has 0 radical (unpaired) electrons. The third-order valence-electron chi connectivity index (χ3n) is 9.29. The summed E-state index contributed by atoms with van der Waals surface area (Å²) >= 11 is 12.9. The van der Waals surface area contributed by atoms with E-state index < -0.39 is 28.5 Å². The average Bonchev–Trinajstić information content (AvgIpc) is 3.18. The number of amides is 2. The Morgan fingerprint density at radius 1 is 0.755 bits per heavy atom. The molecule has 0 bridgehead atoms. The van der Waals surface area contributed by atoms with Crippen LogP contribution in [0.3, 0.4) is 0 Å². The Bertz CT molecular complexity index is 2080. The minimum Gasteiger partial charge on any atom is -0.457 e. The lowest BCUT2D eigenvalue weighted by molar-refractivity contribution is -0.140. The molecule has 8 nitrogen and oxygen atoms in total. The Morgan fingerprint density at radius 2 is 1.36 bits per heavy atom. The Morgan fingerprint density at radius 3 is 2.00 bits per heavy atom. The third kappa shape index (κ3) is 9.99. The summed E-state index contributed by atoms with van der Waals surface area (Å²) in [6.07, 6.45) is 5.05. The highest BCUT2D eigenvalue weighted by atomic mass is 35.5. The third-order valence-corrected chi connectivity index (χ3v) is 11.7. The van der Waals surface area contributed by atoms with Crippen molar-refractivity contribution in [2.24, 2.45) is 0 Å². The van der Waals surface area contributed by atoms with E-state index in [-0.39, 0.29) is 35.5 Å². The second-order valence-electron chi connectivity index (χ2n) is 13.0. The molecule has 1 N–H and O–H groups in total. The first-order chi connectivity index (χ1) is 25.7. The number of rotatable bonds is 14. The van der Waals surface area contributed by atoms with Crippen molar-refractivity contribution in [2.75, 3.05) is 10.8 Å². The summed E-state index contributed by atoms with van der Waals surface area (Å²) in [5, 5.41) is 3.97. The van der Waals surface area contributed by atoms with Crippen molar-refractivity contribution in [3.05, 3.63) is 155 Å². The van der Waals surface area contributed by atoms with Gasteiger partial charge in [-0.15, -0.1) is 0 Å². The van der Waals surface area contributed by atoms with Crippen molar-refractivity contribution in [3.8, 4) is 11.5 Å². The quantitative estimate of drug-likeness (QED) is 0.122. The average molecular weight is 771 g/mol. The SMILES string of the molecule is O=C(NC1CCCCC1)[C@@H](Cc1ccccc1)N(Cc1ccc(Cl)cc1Cl)C(=O)CN(c1ccc(Oc2ccccc2)cc1)S(=O)(=O)c1ccccc1. The summed E-state index contributed by atoms with van der Waals surface area (Å²) in [6, 6.07) is 37.1. The second-order valence-corrected chi connectivity index (χ2v) is 15.7. The van der Waals surface area contributed by atoms with Gasteiger partial charge in [0.05, 0.1) is 10.6 Å². The van der Waals surface area contributed by atoms with E-state index in [1.807, 2.05) is 60.7 Å². The van der Waals surface area contributed by atoms with Crippen molar-refractivity contribution in [3.63, 3.8) is 0 Å². The van der Waals surface area contributed by atoms with Gasteiger partial charge in [0, 0.05) is 29.1 Å². The number of anilines is 1. The number of halogens is 2. The van der Waals surface area contributed by atoms with Gasteiger partial charge < -0.3 is 15.0 Å². The highest BCUT2D eigenvalue weighted by Crippen LogP contribution is 2.30. The fourth-order valence-corrected chi connectivity index (χ4v) is 8.39.